The molecule has 0 radical (unpaired) electrons. The molecule has 6 heteroatoms. The van der Waals surface area contributed by atoms with E-state index in [-0.39, 0.29) is 0 Å². The van der Waals surface area contributed by atoms with Crippen LogP contribution in [0.15, 0.2) is 29.6 Å². The maximum atomic E-state index is 5.65. The van der Waals surface area contributed by atoms with Gasteiger partial charge in [0.2, 0.25) is 4.96 Å². The first-order valence-electron chi connectivity index (χ1n) is 5.49. The summed E-state index contributed by atoms with van der Waals surface area (Å²) in [4.78, 5) is 5.34. The second kappa shape index (κ2) is 4.40. The monoisotopic (exact) mass is 260 g/mol. The molecule has 5 nitrogen and oxygen atoms in total. The molecule has 1 aromatic carbocycles. The Morgan fingerprint density at radius 1 is 1.33 bits per heavy atom. The van der Waals surface area contributed by atoms with Crippen molar-refractivity contribution in [3.63, 3.8) is 0 Å². The van der Waals surface area contributed by atoms with Crippen molar-refractivity contribution < 1.29 is 4.74 Å². The number of thiazole rings is 1. The maximum absolute atomic E-state index is 5.65. The molecular weight excluding hydrogens is 248 g/mol. The highest BCUT2D eigenvalue weighted by molar-refractivity contribution is 7.15. The fraction of sp³-hybridized carbons (Fsp3) is 0.167. The normalized spacial score (nSPS) is 11.0. The number of aromatic nitrogens is 3. The number of hydrogen-bond donors (Lipinski definition) is 1. The smallest absolute Gasteiger partial charge is 0.212 e. The highest BCUT2D eigenvalue weighted by Crippen LogP contribution is 2.22. The number of benzene rings is 1. The summed E-state index contributed by atoms with van der Waals surface area (Å²) in [7, 11) is 1.65. The van der Waals surface area contributed by atoms with Crippen LogP contribution in [0.25, 0.3) is 16.3 Å². The first-order chi connectivity index (χ1) is 8.81. The molecule has 92 valence electrons. The molecule has 0 atom stereocenters. The van der Waals surface area contributed by atoms with Crippen molar-refractivity contribution in [2.45, 2.75) is 6.54 Å². The van der Waals surface area contributed by atoms with E-state index < -0.39 is 0 Å². The summed E-state index contributed by atoms with van der Waals surface area (Å²) in [5, 5.41) is 6.44. The molecule has 2 heterocycles. The SMILES string of the molecule is COc1ccc(-c2nc3scc(CN)n3n2)cc1. The van der Waals surface area contributed by atoms with Crippen LogP contribution in [0.5, 0.6) is 5.75 Å². The fourth-order valence-electron chi connectivity index (χ4n) is 1.73. The lowest BCUT2D eigenvalue weighted by atomic mass is 10.2. The Morgan fingerprint density at radius 2 is 2.11 bits per heavy atom. The number of methoxy groups -OCH3 is 1. The Morgan fingerprint density at radius 3 is 2.78 bits per heavy atom. The van der Waals surface area contributed by atoms with Crippen LogP contribution in [-0.2, 0) is 6.54 Å². The van der Waals surface area contributed by atoms with Crippen molar-refractivity contribution in [3.05, 3.63) is 35.3 Å². The summed E-state index contributed by atoms with van der Waals surface area (Å²) in [6.45, 7) is 0.464. The molecule has 3 aromatic rings. The van der Waals surface area contributed by atoms with Gasteiger partial charge in [-0.1, -0.05) is 0 Å². The van der Waals surface area contributed by atoms with Crippen molar-refractivity contribution in [1.29, 1.82) is 0 Å². The predicted molar refractivity (Wildman–Crippen MR) is 70.7 cm³/mol. The van der Waals surface area contributed by atoms with Crippen LogP contribution in [0.3, 0.4) is 0 Å². The molecule has 0 spiro atoms. The summed E-state index contributed by atoms with van der Waals surface area (Å²) < 4.78 is 6.92. The van der Waals surface area contributed by atoms with Gasteiger partial charge in [-0.15, -0.1) is 16.4 Å². The van der Waals surface area contributed by atoms with E-state index >= 15 is 0 Å². The molecule has 0 fully saturated rings. The topological polar surface area (TPSA) is 65.4 Å². The zero-order chi connectivity index (χ0) is 12.5. The minimum Gasteiger partial charge on any atom is -0.497 e. The van der Waals surface area contributed by atoms with Crippen molar-refractivity contribution in [2.75, 3.05) is 7.11 Å². The number of rotatable bonds is 3. The number of nitrogens with two attached hydrogens (primary N) is 1. The van der Waals surface area contributed by atoms with Gasteiger partial charge in [-0.05, 0) is 24.3 Å². The van der Waals surface area contributed by atoms with Gasteiger partial charge in [0.1, 0.15) is 5.75 Å². The van der Waals surface area contributed by atoms with Crippen LogP contribution in [0.2, 0.25) is 0 Å². The Balaban J connectivity index is 2.04. The van der Waals surface area contributed by atoms with Gasteiger partial charge in [-0.3, -0.25) is 0 Å². The molecule has 0 amide bonds. The van der Waals surface area contributed by atoms with Gasteiger partial charge in [0, 0.05) is 17.5 Å². The molecule has 0 aliphatic heterocycles. The van der Waals surface area contributed by atoms with Crippen LogP contribution < -0.4 is 10.5 Å². The summed E-state index contributed by atoms with van der Waals surface area (Å²) in [5.74, 6) is 1.53. The lowest BCUT2D eigenvalue weighted by molar-refractivity contribution is 0.415. The fourth-order valence-corrected chi connectivity index (χ4v) is 2.56. The molecule has 2 aromatic heterocycles. The van der Waals surface area contributed by atoms with Crippen LogP contribution in [0.4, 0.5) is 0 Å². The highest BCUT2D eigenvalue weighted by atomic mass is 32.1. The standard InChI is InChI=1S/C12H12N4OS/c1-17-10-4-2-8(3-5-10)11-14-12-16(15-11)9(6-13)7-18-12/h2-5,7H,6,13H2,1H3. The van der Waals surface area contributed by atoms with Crippen LogP contribution in [0, 0.1) is 0 Å². The third-order valence-corrected chi connectivity index (χ3v) is 3.57. The average Bonchev–Trinajstić information content (AvgIpc) is 2.98. The first kappa shape index (κ1) is 11.2. The highest BCUT2D eigenvalue weighted by Gasteiger charge is 2.10. The number of nitrogens with zero attached hydrogens (tertiary/aromatic N) is 3. The van der Waals surface area contributed by atoms with Gasteiger partial charge in [0.25, 0.3) is 0 Å². The number of fused-ring (bicyclic) bond motifs is 1. The van der Waals surface area contributed by atoms with Gasteiger partial charge >= 0.3 is 0 Å². The lowest BCUT2D eigenvalue weighted by Crippen LogP contribution is -2.00. The van der Waals surface area contributed by atoms with Crippen molar-refractivity contribution in [3.8, 4) is 17.1 Å². The zero-order valence-electron chi connectivity index (χ0n) is 9.83. The van der Waals surface area contributed by atoms with Crippen LogP contribution >= 0.6 is 11.3 Å². The molecular formula is C12H12N4OS. The second-order valence-corrected chi connectivity index (χ2v) is 4.63. The molecule has 0 saturated carbocycles. The largest absolute Gasteiger partial charge is 0.497 e. The minimum atomic E-state index is 0.464. The van der Waals surface area contributed by atoms with E-state index in [0.717, 1.165) is 22.0 Å². The molecule has 0 aliphatic carbocycles. The Hall–Kier alpha value is -1.92. The Kier molecular flexibility index (Phi) is 2.73. The van der Waals surface area contributed by atoms with E-state index in [4.69, 9.17) is 10.5 Å². The van der Waals surface area contributed by atoms with E-state index in [9.17, 15) is 0 Å². The molecule has 0 unspecified atom stereocenters. The summed E-state index contributed by atoms with van der Waals surface area (Å²) in [6.07, 6.45) is 0. The van der Waals surface area contributed by atoms with Gasteiger partial charge in [-0.2, -0.15) is 4.98 Å². The minimum absolute atomic E-state index is 0.464. The third kappa shape index (κ3) is 1.75. The molecule has 0 bridgehead atoms. The lowest BCUT2D eigenvalue weighted by Gasteiger charge is -1.99. The van der Waals surface area contributed by atoms with E-state index in [1.165, 1.54) is 0 Å². The first-order valence-corrected chi connectivity index (χ1v) is 6.37. The number of hydrogen-bond acceptors (Lipinski definition) is 5. The molecule has 2 N–H and O–H groups in total. The Labute approximate surface area is 108 Å². The molecule has 3 rings (SSSR count). The molecule has 0 aliphatic rings. The summed E-state index contributed by atoms with van der Waals surface area (Å²) >= 11 is 1.55. The second-order valence-electron chi connectivity index (χ2n) is 3.79. The quantitative estimate of drug-likeness (QED) is 0.781. The third-order valence-electron chi connectivity index (χ3n) is 2.71. The average molecular weight is 260 g/mol. The van der Waals surface area contributed by atoms with Crippen molar-refractivity contribution in [1.82, 2.24) is 14.6 Å². The van der Waals surface area contributed by atoms with E-state index in [2.05, 4.69) is 10.1 Å². The van der Waals surface area contributed by atoms with E-state index in [1.807, 2.05) is 29.6 Å². The Bertz CT molecular complexity index is 671. The van der Waals surface area contributed by atoms with Gasteiger partial charge in [0.05, 0.1) is 12.8 Å². The van der Waals surface area contributed by atoms with Crippen LogP contribution in [0.1, 0.15) is 5.69 Å². The van der Waals surface area contributed by atoms with E-state index in [1.54, 1.807) is 23.0 Å². The van der Waals surface area contributed by atoms with Crippen molar-refractivity contribution in [2.24, 2.45) is 5.73 Å². The molecule has 18 heavy (non-hydrogen) atoms. The summed E-state index contributed by atoms with van der Waals surface area (Å²) in [6, 6.07) is 7.68. The van der Waals surface area contributed by atoms with E-state index in [0.29, 0.717) is 12.4 Å². The van der Waals surface area contributed by atoms with Gasteiger partial charge in [0.15, 0.2) is 5.82 Å². The van der Waals surface area contributed by atoms with Gasteiger partial charge < -0.3 is 10.5 Å². The van der Waals surface area contributed by atoms with Crippen molar-refractivity contribution >= 4 is 16.3 Å². The summed E-state index contributed by atoms with van der Waals surface area (Å²) in [5.41, 5.74) is 7.59. The zero-order valence-corrected chi connectivity index (χ0v) is 10.6. The molecule has 0 saturated heterocycles. The number of ether oxygens (including phenoxy) is 1. The van der Waals surface area contributed by atoms with Crippen LogP contribution in [-0.4, -0.2) is 21.7 Å². The van der Waals surface area contributed by atoms with Gasteiger partial charge in [-0.25, -0.2) is 4.52 Å². The predicted octanol–water partition coefficient (Wildman–Crippen LogP) is 1.93. The maximum Gasteiger partial charge on any atom is 0.212 e.